The molecule has 2 amide bonds. The highest BCUT2D eigenvalue weighted by Gasteiger charge is 2.55. The Morgan fingerprint density at radius 1 is 1.30 bits per heavy atom. The van der Waals surface area contributed by atoms with Gasteiger partial charge in [-0.15, -0.1) is 0 Å². The second-order valence-corrected chi connectivity index (χ2v) is 10.4. The first-order valence-corrected chi connectivity index (χ1v) is 11.9. The summed E-state index contributed by atoms with van der Waals surface area (Å²) >= 11 is 0. The molecule has 1 saturated carbocycles. The average molecular weight is 457 g/mol. The molecule has 8 heteroatoms. The summed E-state index contributed by atoms with van der Waals surface area (Å²) in [4.78, 5) is 32.1. The number of hydrogen-bond acceptors (Lipinski definition) is 6. The molecule has 0 saturated heterocycles. The molecule has 1 aliphatic carbocycles. The first-order chi connectivity index (χ1) is 15.5. The Hall–Kier alpha value is -2.61. The van der Waals surface area contributed by atoms with Gasteiger partial charge in [-0.05, 0) is 44.1 Å². The number of fused-ring (bicyclic) bond motifs is 1. The van der Waals surface area contributed by atoms with E-state index >= 15 is 0 Å². The van der Waals surface area contributed by atoms with Gasteiger partial charge in [0.1, 0.15) is 18.0 Å². The van der Waals surface area contributed by atoms with Gasteiger partial charge in [-0.25, -0.2) is 4.99 Å². The van der Waals surface area contributed by atoms with Crippen molar-refractivity contribution in [1.29, 1.82) is 0 Å². The van der Waals surface area contributed by atoms with Gasteiger partial charge in [0.05, 0.1) is 18.0 Å². The van der Waals surface area contributed by atoms with Crippen molar-refractivity contribution in [2.45, 2.75) is 77.0 Å². The van der Waals surface area contributed by atoms with E-state index in [9.17, 15) is 14.7 Å². The van der Waals surface area contributed by atoms with E-state index < -0.39 is 11.6 Å². The van der Waals surface area contributed by atoms with Gasteiger partial charge >= 0.3 is 0 Å². The minimum atomic E-state index is -1.20. The van der Waals surface area contributed by atoms with Gasteiger partial charge in [-0.3, -0.25) is 14.5 Å². The highest BCUT2D eigenvalue weighted by atomic mass is 16.5. The van der Waals surface area contributed by atoms with Gasteiger partial charge in [-0.1, -0.05) is 39.0 Å². The molecule has 33 heavy (non-hydrogen) atoms. The summed E-state index contributed by atoms with van der Waals surface area (Å²) in [5, 5.41) is 13.9. The number of amides is 2. The topological polar surface area (TPSA) is 117 Å². The minimum Gasteiger partial charge on any atom is -0.490 e. The molecule has 4 N–H and O–H groups in total. The van der Waals surface area contributed by atoms with Crippen molar-refractivity contribution in [1.82, 2.24) is 10.2 Å². The van der Waals surface area contributed by atoms with Crippen molar-refractivity contribution in [2.75, 3.05) is 13.2 Å². The second kappa shape index (κ2) is 8.31. The van der Waals surface area contributed by atoms with Crippen LogP contribution >= 0.6 is 0 Å². The second-order valence-electron chi connectivity index (χ2n) is 10.4. The summed E-state index contributed by atoms with van der Waals surface area (Å²) in [5.74, 6) is 0.719. The zero-order chi connectivity index (χ0) is 24.0. The zero-order valence-electron chi connectivity index (χ0n) is 20.1. The standard InChI is InChI=1S/C25H36N4O4/c1-5-25(6-2)14-19(30)29(22(26)28-25)12-11-23(3)13-17(23)21(31)27-20-16-9-7-8-10-18(16)33-15-24(20,4)32/h7-10,17,20,32H,5-6,11-15H2,1-4H3,(H2,26,28)(H,27,31)/t17-,20-,23?,24?/m1/s1. The van der Waals surface area contributed by atoms with Crippen molar-refractivity contribution < 1.29 is 19.4 Å². The molecule has 4 atom stereocenters. The molecule has 0 radical (unpaired) electrons. The molecule has 2 heterocycles. The third-order valence-corrected chi connectivity index (χ3v) is 7.96. The van der Waals surface area contributed by atoms with Crippen molar-refractivity contribution in [3.63, 3.8) is 0 Å². The van der Waals surface area contributed by atoms with Crippen LogP contribution in [0.15, 0.2) is 29.3 Å². The van der Waals surface area contributed by atoms with Crippen LogP contribution in [0, 0.1) is 11.3 Å². The summed E-state index contributed by atoms with van der Waals surface area (Å²) in [6.45, 7) is 8.38. The van der Waals surface area contributed by atoms with Gasteiger partial charge in [-0.2, -0.15) is 0 Å². The van der Waals surface area contributed by atoms with Gasteiger partial charge < -0.3 is 20.9 Å². The fourth-order valence-electron chi connectivity index (χ4n) is 5.17. The molecule has 180 valence electrons. The van der Waals surface area contributed by atoms with Crippen LogP contribution in [0.5, 0.6) is 5.75 Å². The van der Waals surface area contributed by atoms with E-state index in [1.807, 2.05) is 38.1 Å². The van der Waals surface area contributed by atoms with E-state index in [0.29, 0.717) is 25.1 Å². The first kappa shape index (κ1) is 23.5. The quantitative estimate of drug-likeness (QED) is 0.583. The number of guanidine groups is 1. The fraction of sp³-hybridized carbons (Fsp3) is 0.640. The van der Waals surface area contributed by atoms with Gasteiger partial charge in [0, 0.05) is 18.0 Å². The predicted molar refractivity (Wildman–Crippen MR) is 126 cm³/mol. The van der Waals surface area contributed by atoms with Crippen LogP contribution < -0.4 is 15.8 Å². The van der Waals surface area contributed by atoms with Crippen molar-refractivity contribution in [3.05, 3.63) is 29.8 Å². The van der Waals surface area contributed by atoms with Gasteiger partial charge in [0.2, 0.25) is 11.8 Å². The summed E-state index contributed by atoms with van der Waals surface area (Å²) in [5.41, 5.74) is 5.15. The monoisotopic (exact) mass is 456 g/mol. The first-order valence-electron chi connectivity index (χ1n) is 11.9. The lowest BCUT2D eigenvalue weighted by Gasteiger charge is -2.38. The van der Waals surface area contributed by atoms with Crippen LogP contribution in [0.4, 0.5) is 0 Å². The van der Waals surface area contributed by atoms with Gasteiger partial charge in [0.25, 0.3) is 0 Å². The number of nitrogens with two attached hydrogens (primary N) is 1. The number of ether oxygens (including phenoxy) is 1. The van der Waals surface area contributed by atoms with E-state index in [1.165, 1.54) is 0 Å². The number of hydrogen-bond donors (Lipinski definition) is 3. The van der Waals surface area contributed by atoms with Crippen LogP contribution in [0.3, 0.4) is 0 Å². The number of nitrogens with zero attached hydrogens (tertiary/aromatic N) is 2. The Bertz CT molecular complexity index is 971. The van der Waals surface area contributed by atoms with E-state index in [-0.39, 0.29) is 41.3 Å². The van der Waals surface area contributed by atoms with E-state index in [4.69, 9.17) is 10.5 Å². The Morgan fingerprint density at radius 2 is 2.00 bits per heavy atom. The van der Waals surface area contributed by atoms with Crippen LogP contribution in [-0.4, -0.2) is 52.1 Å². The molecule has 8 nitrogen and oxygen atoms in total. The third kappa shape index (κ3) is 4.33. The largest absolute Gasteiger partial charge is 0.490 e. The highest BCUT2D eigenvalue weighted by Crippen LogP contribution is 2.55. The maximum Gasteiger partial charge on any atom is 0.231 e. The zero-order valence-corrected chi connectivity index (χ0v) is 20.1. The molecule has 0 spiro atoms. The number of benzene rings is 1. The molecule has 0 bridgehead atoms. The molecule has 1 aromatic carbocycles. The van der Waals surface area contributed by atoms with Crippen molar-refractivity contribution in [3.8, 4) is 5.75 Å². The van der Waals surface area contributed by atoms with Crippen LogP contribution in [-0.2, 0) is 9.59 Å². The van der Waals surface area contributed by atoms with E-state index in [1.54, 1.807) is 11.8 Å². The fourth-order valence-corrected chi connectivity index (χ4v) is 5.17. The molecular formula is C25H36N4O4. The van der Waals surface area contributed by atoms with Crippen LogP contribution in [0.1, 0.15) is 71.4 Å². The van der Waals surface area contributed by atoms with E-state index in [0.717, 1.165) is 24.8 Å². The molecule has 0 aromatic heterocycles. The predicted octanol–water partition coefficient (Wildman–Crippen LogP) is 2.51. The number of aliphatic imine (C=N–C) groups is 1. The lowest BCUT2D eigenvalue weighted by Crippen LogP contribution is -2.52. The number of nitrogens with one attached hydrogen (secondary N) is 1. The SMILES string of the molecule is CCC1(CC)CC(=O)N(CCC2(C)C[C@@H]2C(=O)N[C@@H]2c3ccccc3OCC2(C)O)C(N)=N1. The van der Waals surface area contributed by atoms with E-state index in [2.05, 4.69) is 17.2 Å². The summed E-state index contributed by atoms with van der Waals surface area (Å²) in [6.07, 6.45) is 3.34. The normalized spacial score (nSPS) is 32.5. The van der Waals surface area contributed by atoms with Crippen LogP contribution in [0.25, 0.3) is 0 Å². The van der Waals surface area contributed by atoms with Gasteiger partial charge in [0.15, 0.2) is 5.96 Å². The summed E-state index contributed by atoms with van der Waals surface area (Å²) in [6, 6.07) is 6.92. The smallest absolute Gasteiger partial charge is 0.231 e. The number of rotatable bonds is 7. The average Bonchev–Trinajstić information content (AvgIpc) is 3.46. The highest BCUT2D eigenvalue weighted by molar-refractivity contribution is 5.99. The Morgan fingerprint density at radius 3 is 2.67 bits per heavy atom. The number of carbonyl (C=O) groups is 2. The number of para-hydroxylation sites is 1. The molecule has 4 rings (SSSR count). The number of carbonyl (C=O) groups excluding carboxylic acids is 2. The molecule has 2 unspecified atom stereocenters. The summed E-state index contributed by atoms with van der Waals surface area (Å²) < 4.78 is 5.66. The maximum absolute atomic E-state index is 13.1. The molecule has 2 aliphatic heterocycles. The van der Waals surface area contributed by atoms with Crippen molar-refractivity contribution >= 4 is 17.8 Å². The summed E-state index contributed by atoms with van der Waals surface area (Å²) in [7, 11) is 0. The molecule has 1 fully saturated rings. The Kier molecular flexibility index (Phi) is 5.93. The molecule has 1 aromatic rings. The minimum absolute atomic E-state index is 0.00584. The number of aliphatic hydroxyl groups is 1. The lowest BCUT2D eigenvalue weighted by atomic mass is 9.87. The van der Waals surface area contributed by atoms with Crippen LogP contribution in [0.2, 0.25) is 0 Å². The Labute approximate surface area is 195 Å². The Balaban J connectivity index is 1.39. The lowest BCUT2D eigenvalue weighted by molar-refractivity contribution is -0.129. The molecule has 3 aliphatic rings. The van der Waals surface area contributed by atoms with Crippen molar-refractivity contribution in [2.24, 2.45) is 22.1 Å². The third-order valence-electron chi connectivity index (χ3n) is 7.96. The molecular weight excluding hydrogens is 420 g/mol. The maximum atomic E-state index is 13.1.